The van der Waals surface area contributed by atoms with Crippen LogP contribution >= 0.6 is 24.0 Å². The van der Waals surface area contributed by atoms with Gasteiger partial charge < -0.3 is 15.5 Å². The molecule has 1 amide bonds. The summed E-state index contributed by atoms with van der Waals surface area (Å²) in [6.45, 7) is 9.50. The first kappa shape index (κ1) is 28.1. The number of likely N-dealkylation sites (tertiary alicyclic amines) is 1. The van der Waals surface area contributed by atoms with Crippen LogP contribution in [-0.2, 0) is 11.2 Å². The molecule has 186 valence electrons. The molecule has 2 aromatic rings. The molecule has 2 unspecified atom stereocenters. The largest absolute Gasteiger partial charge is 0.356 e. The number of benzene rings is 2. The van der Waals surface area contributed by atoms with Gasteiger partial charge in [0.25, 0.3) is 0 Å². The molecule has 1 aliphatic heterocycles. The predicted molar refractivity (Wildman–Crippen MR) is 152 cm³/mol. The molecule has 0 saturated carbocycles. The molecule has 0 aromatic heterocycles. The zero-order valence-corrected chi connectivity index (χ0v) is 23.1. The Morgan fingerprint density at radius 1 is 1.06 bits per heavy atom. The van der Waals surface area contributed by atoms with Crippen LogP contribution < -0.4 is 10.6 Å². The Labute approximate surface area is 222 Å². The van der Waals surface area contributed by atoms with E-state index in [0.717, 1.165) is 51.6 Å². The third-order valence-corrected chi connectivity index (χ3v) is 6.49. The lowest BCUT2D eigenvalue weighted by Crippen LogP contribution is -2.44. The Kier molecular flexibility index (Phi) is 12.4. The quantitative estimate of drug-likeness (QED) is 0.242. The van der Waals surface area contributed by atoms with E-state index in [1.165, 1.54) is 11.1 Å². The maximum atomic E-state index is 12.5. The van der Waals surface area contributed by atoms with Gasteiger partial charge in [-0.25, -0.2) is 0 Å². The van der Waals surface area contributed by atoms with Gasteiger partial charge in [0.2, 0.25) is 5.91 Å². The summed E-state index contributed by atoms with van der Waals surface area (Å²) in [7, 11) is 1.80. The van der Waals surface area contributed by atoms with E-state index in [-0.39, 0.29) is 35.9 Å². The third-order valence-electron chi connectivity index (χ3n) is 6.49. The molecule has 2 N–H and O–H groups in total. The molecule has 3 rings (SSSR count). The fourth-order valence-electron chi connectivity index (χ4n) is 4.57. The summed E-state index contributed by atoms with van der Waals surface area (Å²) in [6, 6.07) is 21.3. The number of carbonyl (C=O) groups is 1. The van der Waals surface area contributed by atoms with Crippen LogP contribution in [0.4, 0.5) is 0 Å². The highest BCUT2D eigenvalue weighted by molar-refractivity contribution is 14.0. The van der Waals surface area contributed by atoms with Crippen molar-refractivity contribution in [3.05, 3.63) is 71.8 Å². The van der Waals surface area contributed by atoms with E-state index >= 15 is 0 Å². The maximum Gasteiger partial charge on any atom is 0.223 e. The molecule has 0 radical (unpaired) electrons. The predicted octanol–water partition coefficient (Wildman–Crippen LogP) is 3.94. The highest BCUT2D eigenvalue weighted by atomic mass is 127. The highest BCUT2D eigenvalue weighted by Crippen LogP contribution is 2.20. The van der Waals surface area contributed by atoms with Crippen molar-refractivity contribution in [2.24, 2.45) is 10.9 Å². The fourth-order valence-corrected chi connectivity index (χ4v) is 4.57. The molecule has 2 aromatic carbocycles. The number of amides is 1. The number of hydrogen-bond donors (Lipinski definition) is 2. The van der Waals surface area contributed by atoms with Crippen LogP contribution in [0.3, 0.4) is 0 Å². The minimum Gasteiger partial charge on any atom is -0.356 e. The van der Waals surface area contributed by atoms with Crippen molar-refractivity contribution in [3.8, 4) is 0 Å². The Balaban J connectivity index is 0.00000408. The van der Waals surface area contributed by atoms with Gasteiger partial charge >= 0.3 is 0 Å². The van der Waals surface area contributed by atoms with Crippen molar-refractivity contribution in [3.63, 3.8) is 0 Å². The molecule has 0 spiro atoms. The molecule has 1 heterocycles. The molecule has 2 atom stereocenters. The fraction of sp³-hybridized carbons (Fsp3) is 0.481. The summed E-state index contributed by atoms with van der Waals surface area (Å²) < 4.78 is 0. The lowest BCUT2D eigenvalue weighted by molar-refractivity contribution is -0.127. The SMILES string of the molecule is CCN(CC)C(CNC(=NC)NCC1CC(=O)N(CCc2ccccc2)C1)c1ccccc1.I. The molecule has 7 heteroatoms. The number of nitrogens with zero attached hydrogens (tertiary/aromatic N) is 3. The third kappa shape index (κ3) is 8.27. The average Bonchev–Trinajstić information content (AvgIpc) is 3.22. The van der Waals surface area contributed by atoms with Gasteiger partial charge in [-0.2, -0.15) is 0 Å². The van der Waals surface area contributed by atoms with Crippen LogP contribution in [0.25, 0.3) is 0 Å². The molecule has 0 aliphatic carbocycles. The van der Waals surface area contributed by atoms with Crippen molar-refractivity contribution < 1.29 is 4.79 Å². The zero-order chi connectivity index (χ0) is 23.5. The molecule has 1 saturated heterocycles. The van der Waals surface area contributed by atoms with E-state index in [2.05, 4.69) is 89.0 Å². The minimum absolute atomic E-state index is 0. The van der Waals surface area contributed by atoms with E-state index < -0.39 is 0 Å². The van der Waals surface area contributed by atoms with E-state index in [0.29, 0.717) is 12.3 Å². The average molecular weight is 578 g/mol. The Hall–Kier alpha value is -2.13. The van der Waals surface area contributed by atoms with Crippen LogP contribution in [0.15, 0.2) is 65.7 Å². The zero-order valence-electron chi connectivity index (χ0n) is 20.7. The summed E-state index contributed by atoms with van der Waals surface area (Å²) in [5.41, 5.74) is 2.58. The van der Waals surface area contributed by atoms with Crippen molar-refractivity contribution in [2.45, 2.75) is 32.7 Å². The summed E-state index contributed by atoms with van der Waals surface area (Å²) in [5, 5.41) is 6.96. The smallest absolute Gasteiger partial charge is 0.223 e. The van der Waals surface area contributed by atoms with E-state index in [4.69, 9.17) is 0 Å². The van der Waals surface area contributed by atoms with Crippen LogP contribution in [-0.4, -0.2) is 68.0 Å². The molecule has 6 nitrogen and oxygen atoms in total. The first-order valence-corrected chi connectivity index (χ1v) is 12.2. The number of rotatable bonds is 11. The Morgan fingerprint density at radius 2 is 1.71 bits per heavy atom. The number of hydrogen-bond acceptors (Lipinski definition) is 3. The summed E-state index contributed by atoms with van der Waals surface area (Å²) >= 11 is 0. The van der Waals surface area contributed by atoms with Crippen molar-refractivity contribution in [1.82, 2.24) is 20.4 Å². The number of guanidine groups is 1. The van der Waals surface area contributed by atoms with Gasteiger partial charge in [-0.15, -0.1) is 24.0 Å². The monoisotopic (exact) mass is 577 g/mol. The van der Waals surface area contributed by atoms with Crippen LogP contribution in [0, 0.1) is 5.92 Å². The van der Waals surface area contributed by atoms with Crippen molar-refractivity contribution in [2.75, 3.05) is 46.3 Å². The van der Waals surface area contributed by atoms with Crippen molar-refractivity contribution >= 4 is 35.8 Å². The number of halogens is 1. The van der Waals surface area contributed by atoms with Crippen LogP contribution in [0.5, 0.6) is 0 Å². The molecular formula is C27H40IN5O. The lowest BCUT2D eigenvalue weighted by atomic mass is 10.1. The molecule has 34 heavy (non-hydrogen) atoms. The van der Waals surface area contributed by atoms with Crippen LogP contribution in [0.1, 0.15) is 37.4 Å². The molecule has 1 fully saturated rings. The standard InChI is InChI=1S/C27H39N5O.HI/c1-4-31(5-2)25(24-14-10-7-11-15-24)20-30-27(28-3)29-19-23-18-26(33)32(21-23)17-16-22-12-8-6-9-13-22;/h6-15,23,25H,4-5,16-21H2,1-3H3,(H2,28,29,30);1H. The second kappa shape index (κ2) is 15.0. The summed E-state index contributed by atoms with van der Waals surface area (Å²) in [6.07, 6.45) is 1.51. The maximum absolute atomic E-state index is 12.5. The van der Waals surface area contributed by atoms with Gasteiger partial charge in [0.05, 0.1) is 6.04 Å². The number of carbonyl (C=O) groups excluding carboxylic acids is 1. The number of aliphatic imine (C=N–C) groups is 1. The van der Waals surface area contributed by atoms with Gasteiger partial charge in [0.1, 0.15) is 0 Å². The van der Waals surface area contributed by atoms with Gasteiger partial charge in [0.15, 0.2) is 5.96 Å². The molecule has 0 bridgehead atoms. The van der Waals surface area contributed by atoms with Gasteiger partial charge in [0, 0.05) is 45.6 Å². The summed E-state index contributed by atoms with van der Waals surface area (Å²) in [4.78, 5) is 21.4. The first-order chi connectivity index (χ1) is 16.1. The topological polar surface area (TPSA) is 60.0 Å². The van der Waals surface area contributed by atoms with Crippen LogP contribution in [0.2, 0.25) is 0 Å². The van der Waals surface area contributed by atoms with Gasteiger partial charge in [-0.05, 0) is 30.6 Å². The van der Waals surface area contributed by atoms with E-state index in [1.807, 2.05) is 11.0 Å². The number of nitrogens with one attached hydrogen (secondary N) is 2. The molecular weight excluding hydrogens is 537 g/mol. The summed E-state index contributed by atoms with van der Waals surface area (Å²) in [5.74, 6) is 1.35. The Morgan fingerprint density at radius 3 is 2.32 bits per heavy atom. The second-order valence-corrected chi connectivity index (χ2v) is 8.63. The first-order valence-electron chi connectivity index (χ1n) is 12.2. The minimum atomic E-state index is 0. The Bertz CT molecular complexity index is 873. The van der Waals surface area contributed by atoms with Gasteiger partial charge in [-0.3, -0.25) is 14.7 Å². The number of likely N-dealkylation sites (N-methyl/N-ethyl adjacent to an activating group) is 1. The lowest BCUT2D eigenvalue weighted by Gasteiger charge is -2.31. The van der Waals surface area contributed by atoms with Gasteiger partial charge in [-0.1, -0.05) is 74.5 Å². The second-order valence-electron chi connectivity index (χ2n) is 8.63. The normalized spacial score (nSPS) is 16.9. The van der Waals surface area contributed by atoms with E-state index in [1.54, 1.807) is 7.05 Å². The van der Waals surface area contributed by atoms with E-state index in [9.17, 15) is 4.79 Å². The van der Waals surface area contributed by atoms with Crippen molar-refractivity contribution in [1.29, 1.82) is 0 Å². The highest BCUT2D eigenvalue weighted by Gasteiger charge is 2.29. The molecule has 1 aliphatic rings.